The van der Waals surface area contributed by atoms with E-state index in [1.165, 1.54) is 24.3 Å². The molecule has 0 heterocycles. The van der Waals surface area contributed by atoms with Gasteiger partial charge in [0.1, 0.15) is 0 Å². The molecule has 4 heteroatoms. The number of hydrogen-bond acceptors (Lipinski definition) is 2. The van der Waals surface area contributed by atoms with Gasteiger partial charge in [0.05, 0.1) is 11.1 Å². The topological polar surface area (TPSA) is 74.6 Å². The summed E-state index contributed by atoms with van der Waals surface area (Å²) in [6.07, 6.45) is 5.74. The summed E-state index contributed by atoms with van der Waals surface area (Å²) in [6, 6.07) is 18.6. The molecule has 0 bridgehead atoms. The molecule has 4 nitrogen and oxygen atoms in total. The minimum absolute atomic E-state index is 0.205. The van der Waals surface area contributed by atoms with Crippen molar-refractivity contribution in [3.63, 3.8) is 0 Å². The predicted octanol–water partition coefficient (Wildman–Crippen LogP) is 4.40. The van der Waals surface area contributed by atoms with Gasteiger partial charge in [0.2, 0.25) is 0 Å². The normalized spacial score (nSPS) is 10.1. The number of carbonyl (C=O) groups is 2. The molecule has 0 aliphatic rings. The van der Waals surface area contributed by atoms with Gasteiger partial charge in [-0.1, -0.05) is 48.4 Å². The summed E-state index contributed by atoms with van der Waals surface area (Å²) in [5, 5.41) is 18.1. The van der Waals surface area contributed by atoms with Crippen molar-refractivity contribution in [2.45, 2.75) is 0 Å². The Balaban J connectivity index is 2.09. The number of rotatable bonds is 4. The first-order valence-electron chi connectivity index (χ1n) is 7.78. The summed E-state index contributed by atoms with van der Waals surface area (Å²) >= 11 is 0. The van der Waals surface area contributed by atoms with Gasteiger partial charge < -0.3 is 10.2 Å². The van der Waals surface area contributed by atoms with E-state index in [1.54, 1.807) is 24.3 Å². The Morgan fingerprint density at radius 3 is 1.38 bits per heavy atom. The third kappa shape index (κ3) is 3.19. The van der Waals surface area contributed by atoms with Gasteiger partial charge in [-0.15, -0.1) is 6.42 Å². The van der Waals surface area contributed by atoms with E-state index in [0.717, 1.165) is 22.3 Å². The van der Waals surface area contributed by atoms with Gasteiger partial charge in [-0.3, -0.25) is 0 Å². The average Bonchev–Trinajstić information content (AvgIpc) is 2.67. The maximum absolute atomic E-state index is 11.0. The van der Waals surface area contributed by atoms with Gasteiger partial charge in [-0.2, -0.15) is 0 Å². The van der Waals surface area contributed by atoms with Crippen LogP contribution in [0.15, 0.2) is 66.7 Å². The van der Waals surface area contributed by atoms with Crippen LogP contribution in [0, 0.1) is 12.3 Å². The van der Waals surface area contributed by atoms with Gasteiger partial charge in [-0.25, -0.2) is 9.59 Å². The highest BCUT2D eigenvalue weighted by molar-refractivity contribution is 5.90. The molecule has 0 spiro atoms. The highest BCUT2D eigenvalue weighted by atomic mass is 16.4. The van der Waals surface area contributed by atoms with Crippen molar-refractivity contribution in [2.75, 3.05) is 0 Å². The Labute approximate surface area is 150 Å². The molecule has 0 radical (unpaired) electrons. The first-order valence-corrected chi connectivity index (χ1v) is 7.78. The van der Waals surface area contributed by atoms with Gasteiger partial charge in [0.15, 0.2) is 0 Å². The lowest BCUT2D eigenvalue weighted by Gasteiger charge is -2.12. The zero-order valence-electron chi connectivity index (χ0n) is 13.6. The SMILES string of the molecule is C#Cc1c(-c2ccc(C(=O)O)cc2)cccc1-c1ccc(C(=O)O)cc1. The van der Waals surface area contributed by atoms with Crippen molar-refractivity contribution in [1.29, 1.82) is 0 Å². The zero-order valence-corrected chi connectivity index (χ0v) is 13.6. The molecule has 3 rings (SSSR count). The van der Waals surface area contributed by atoms with E-state index >= 15 is 0 Å². The average molecular weight is 342 g/mol. The van der Waals surface area contributed by atoms with Gasteiger partial charge in [0.25, 0.3) is 0 Å². The molecule has 26 heavy (non-hydrogen) atoms. The predicted molar refractivity (Wildman–Crippen MR) is 99.2 cm³/mol. The molecule has 2 N–H and O–H groups in total. The molecular formula is C22H14O4. The highest BCUT2D eigenvalue weighted by Gasteiger charge is 2.12. The minimum Gasteiger partial charge on any atom is -0.478 e. The standard InChI is InChI=1S/C22H14O4/c1-2-18-19(14-6-10-16(11-7-14)21(23)24)4-3-5-20(18)15-8-12-17(13-9-15)22(25)26/h1,3-13H,(H,23,24)(H,25,26). The maximum atomic E-state index is 11.0. The molecule has 0 aliphatic heterocycles. The van der Waals surface area contributed by atoms with Gasteiger partial charge in [-0.05, 0) is 46.5 Å². The molecular weight excluding hydrogens is 328 g/mol. The summed E-state index contributed by atoms with van der Waals surface area (Å²) < 4.78 is 0. The Bertz CT molecular complexity index is 947. The monoisotopic (exact) mass is 342 g/mol. The van der Waals surface area contributed by atoms with Crippen LogP contribution < -0.4 is 0 Å². The van der Waals surface area contributed by atoms with Crippen molar-refractivity contribution in [3.05, 3.63) is 83.4 Å². The van der Waals surface area contributed by atoms with Crippen molar-refractivity contribution in [2.24, 2.45) is 0 Å². The minimum atomic E-state index is -0.985. The summed E-state index contributed by atoms with van der Waals surface area (Å²) in [5.74, 6) is 0.733. The van der Waals surface area contributed by atoms with Crippen molar-refractivity contribution in [1.82, 2.24) is 0 Å². The van der Waals surface area contributed by atoms with E-state index < -0.39 is 11.9 Å². The summed E-state index contributed by atoms with van der Waals surface area (Å²) in [5.41, 5.74) is 4.32. The summed E-state index contributed by atoms with van der Waals surface area (Å²) in [7, 11) is 0. The Hall–Kier alpha value is -3.84. The van der Waals surface area contributed by atoms with E-state index in [4.69, 9.17) is 16.6 Å². The van der Waals surface area contributed by atoms with Crippen LogP contribution in [0.5, 0.6) is 0 Å². The van der Waals surface area contributed by atoms with E-state index in [2.05, 4.69) is 5.92 Å². The lowest BCUT2D eigenvalue weighted by molar-refractivity contribution is 0.0686. The second-order valence-electron chi connectivity index (χ2n) is 5.64. The van der Waals surface area contributed by atoms with Crippen LogP contribution in [-0.2, 0) is 0 Å². The van der Waals surface area contributed by atoms with Crippen LogP contribution in [0.3, 0.4) is 0 Å². The van der Waals surface area contributed by atoms with Crippen molar-refractivity contribution < 1.29 is 19.8 Å². The van der Waals surface area contributed by atoms with E-state index in [0.29, 0.717) is 5.56 Å². The van der Waals surface area contributed by atoms with Crippen LogP contribution in [0.4, 0.5) is 0 Å². The van der Waals surface area contributed by atoms with Crippen LogP contribution in [-0.4, -0.2) is 22.2 Å². The Kier molecular flexibility index (Phi) is 4.55. The highest BCUT2D eigenvalue weighted by Crippen LogP contribution is 2.32. The quantitative estimate of drug-likeness (QED) is 0.689. The largest absolute Gasteiger partial charge is 0.478 e. The molecule has 0 saturated carbocycles. The number of terminal acetylenes is 1. The fourth-order valence-electron chi connectivity index (χ4n) is 2.77. The second-order valence-corrected chi connectivity index (χ2v) is 5.64. The maximum Gasteiger partial charge on any atom is 0.335 e. The molecule has 0 aromatic heterocycles. The van der Waals surface area contributed by atoms with E-state index in [9.17, 15) is 9.59 Å². The number of hydrogen-bond donors (Lipinski definition) is 2. The molecule has 3 aromatic rings. The molecule has 126 valence electrons. The molecule has 3 aromatic carbocycles. The number of benzene rings is 3. The third-order valence-electron chi connectivity index (χ3n) is 4.09. The fourth-order valence-corrected chi connectivity index (χ4v) is 2.77. The molecule has 0 unspecified atom stereocenters. The first kappa shape index (κ1) is 17.0. The van der Waals surface area contributed by atoms with Crippen molar-refractivity contribution >= 4 is 11.9 Å². The number of carboxylic acids is 2. The van der Waals surface area contributed by atoms with Crippen LogP contribution in [0.25, 0.3) is 22.3 Å². The fraction of sp³-hybridized carbons (Fsp3) is 0. The lowest BCUT2D eigenvalue weighted by atomic mass is 9.91. The third-order valence-corrected chi connectivity index (χ3v) is 4.09. The summed E-state index contributed by atoms with van der Waals surface area (Å²) in [6.45, 7) is 0. The van der Waals surface area contributed by atoms with Crippen LogP contribution in [0.1, 0.15) is 26.3 Å². The Morgan fingerprint density at radius 2 is 1.08 bits per heavy atom. The van der Waals surface area contributed by atoms with Crippen LogP contribution in [0.2, 0.25) is 0 Å². The number of carboxylic acid groups (broad SMARTS) is 2. The molecule has 0 atom stereocenters. The summed E-state index contributed by atoms with van der Waals surface area (Å²) in [4.78, 5) is 22.0. The zero-order chi connectivity index (χ0) is 18.7. The van der Waals surface area contributed by atoms with Crippen molar-refractivity contribution in [3.8, 4) is 34.6 Å². The first-order chi connectivity index (χ1) is 12.5. The van der Waals surface area contributed by atoms with E-state index in [-0.39, 0.29) is 11.1 Å². The smallest absolute Gasteiger partial charge is 0.335 e. The molecule has 0 aliphatic carbocycles. The number of aromatic carboxylic acids is 2. The molecule has 0 amide bonds. The lowest BCUT2D eigenvalue weighted by Crippen LogP contribution is -1.96. The van der Waals surface area contributed by atoms with Gasteiger partial charge >= 0.3 is 11.9 Å². The van der Waals surface area contributed by atoms with Gasteiger partial charge in [0, 0.05) is 5.56 Å². The van der Waals surface area contributed by atoms with E-state index in [1.807, 2.05) is 18.2 Å². The molecule has 0 fully saturated rings. The Morgan fingerprint density at radius 1 is 0.692 bits per heavy atom. The molecule has 0 saturated heterocycles. The van der Waals surface area contributed by atoms with Crippen LogP contribution >= 0.6 is 0 Å². The second kappa shape index (κ2) is 6.96.